The molecule has 0 aromatic carbocycles. The largest absolute Gasteiger partial charge is 0.465 e. The van der Waals surface area contributed by atoms with Crippen molar-refractivity contribution in [2.24, 2.45) is 0 Å². The molecule has 1 aliphatic rings. The zero-order valence-electron chi connectivity index (χ0n) is 10.00. The second-order valence-electron chi connectivity index (χ2n) is 4.15. The first kappa shape index (κ1) is 12.5. The van der Waals surface area contributed by atoms with Crippen LogP contribution in [-0.2, 0) is 9.53 Å². The Kier molecular flexibility index (Phi) is 5.69. The van der Waals surface area contributed by atoms with Gasteiger partial charge in [-0.1, -0.05) is 19.8 Å². The molecule has 1 saturated heterocycles. The summed E-state index contributed by atoms with van der Waals surface area (Å²) in [5.41, 5.74) is 0. The number of unbranched alkanes of at least 4 members (excludes halogenated alkanes) is 2. The molecule has 3 heteroatoms. The molecule has 1 atom stereocenters. The molecule has 1 fully saturated rings. The Morgan fingerprint density at radius 1 is 1.40 bits per heavy atom. The number of likely N-dealkylation sites (tertiary alicyclic amines) is 1. The molecule has 1 aliphatic heterocycles. The zero-order chi connectivity index (χ0) is 11.1. The number of nitrogens with zero attached hydrogens (tertiary/aromatic N) is 1. The predicted molar refractivity (Wildman–Crippen MR) is 60.8 cm³/mol. The van der Waals surface area contributed by atoms with Gasteiger partial charge in [-0.15, -0.1) is 0 Å². The van der Waals surface area contributed by atoms with E-state index < -0.39 is 0 Å². The van der Waals surface area contributed by atoms with Crippen molar-refractivity contribution in [2.45, 2.75) is 52.0 Å². The minimum Gasteiger partial charge on any atom is -0.465 e. The van der Waals surface area contributed by atoms with E-state index >= 15 is 0 Å². The fourth-order valence-corrected chi connectivity index (χ4v) is 2.16. The van der Waals surface area contributed by atoms with Crippen LogP contribution in [0.15, 0.2) is 0 Å². The van der Waals surface area contributed by atoms with Crippen LogP contribution in [0.4, 0.5) is 0 Å². The Hall–Kier alpha value is -0.570. The summed E-state index contributed by atoms with van der Waals surface area (Å²) < 4.78 is 5.08. The molecular weight excluding hydrogens is 190 g/mol. The fraction of sp³-hybridized carbons (Fsp3) is 0.917. The highest BCUT2D eigenvalue weighted by molar-refractivity contribution is 5.76. The first-order valence-corrected chi connectivity index (χ1v) is 6.20. The summed E-state index contributed by atoms with van der Waals surface area (Å²) in [7, 11) is 0. The Labute approximate surface area is 92.8 Å². The van der Waals surface area contributed by atoms with Gasteiger partial charge in [-0.2, -0.15) is 0 Å². The fourth-order valence-electron chi connectivity index (χ4n) is 2.16. The van der Waals surface area contributed by atoms with Gasteiger partial charge in [-0.3, -0.25) is 9.69 Å². The molecule has 1 rings (SSSR count). The normalized spacial score (nSPS) is 21.9. The molecule has 0 N–H and O–H groups in total. The van der Waals surface area contributed by atoms with Crippen LogP contribution in [0.25, 0.3) is 0 Å². The van der Waals surface area contributed by atoms with E-state index in [9.17, 15) is 4.79 Å². The van der Waals surface area contributed by atoms with Crippen molar-refractivity contribution in [3.05, 3.63) is 0 Å². The van der Waals surface area contributed by atoms with Crippen LogP contribution in [0.2, 0.25) is 0 Å². The van der Waals surface area contributed by atoms with Gasteiger partial charge in [0.15, 0.2) is 0 Å². The molecule has 3 nitrogen and oxygen atoms in total. The second-order valence-corrected chi connectivity index (χ2v) is 4.15. The summed E-state index contributed by atoms with van der Waals surface area (Å²) in [6, 6.07) is 0.0433. The van der Waals surface area contributed by atoms with Crippen LogP contribution in [0, 0.1) is 0 Å². The number of rotatable bonds is 6. The topological polar surface area (TPSA) is 29.5 Å². The number of esters is 1. The van der Waals surface area contributed by atoms with Gasteiger partial charge in [0.05, 0.1) is 6.61 Å². The molecule has 0 spiro atoms. The predicted octanol–water partition coefficient (Wildman–Crippen LogP) is 2.20. The van der Waals surface area contributed by atoms with Gasteiger partial charge >= 0.3 is 5.97 Å². The molecule has 0 saturated carbocycles. The lowest BCUT2D eigenvalue weighted by molar-refractivity contribution is -0.148. The van der Waals surface area contributed by atoms with Gasteiger partial charge in [0.1, 0.15) is 6.04 Å². The van der Waals surface area contributed by atoms with Crippen molar-refractivity contribution in [1.82, 2.24) is 4.90 Å². The molecule has 0 aliphatic carbocycles. The van der Waals surface area contributed by atoms with Gasteiger partial charge in [-0.05, 0) is 39.3 Å². The molecule has 0 bridgehead atoms. The van der Waals surface area contributed by atoms with Crippen molar-refractivity contribution >= 4 is 5.97 Å². The lowest BCUT2D eigenvalue weighted by Gasteiger charge is -2.22. The monoisotopic (exact) mass is 213 g/mol. The third-order valence-electron chi connectivity index (χ3n) is 2.97. The second kappa shape index (κ2) is 6.83. The van der Waals surface area contributed by atoms with Crippen molar-refractivity contribution in [3.8, 4) is 0 Å². The first-order valence-electron chi connectivity index (χ1n) is 6.20. The van der Waals surface area contributed by atoms with Crippen LogP contribution in [-0.4, -0.2) is 36.6 Å². The van der Waals surface area contributed by atoms with Crippen LogP contribution >= 0.6 is 0 Å². The summed E-state index contributed by atoms with van der Waals surface area (Å²) in [6.45, 7) is 6.68. The maximum absolute atomic E-state index is 11.6. The molecular formula is C12H23NO2. The number of ether oxygens (including phenoxy) is 1. The van der Waals surface area contributed by atoms with Gasteiger partial charge in [0.2, 0.25) is 0 Å². The smallest absolute Gasteiger partial charge is 0.323 e. The standard InChI is InChI=1S/C12H23NO2/c1-3-5-6-9-13-10-7-8-11(13)12(14)15-4-2/h11H,3-10H2,1-2H3. The quantitative estimate of drug-likeness (QED) is 0.500. The summed E-state index contributed by atoms with van der Waals surface area (Å²) in [5.74, 6) is -0.0218. The van der Waals surface area contributed by atoms with E-state index in [1.807, 2.05) is 6.92 Å². The van der Waals surface area contributed by atoms with Crippen LogP contribution < -0.4 is 0 Å². The molecule has 0 aromatic heterocycles. The lowest BCUT2D eigenvalue weighted by atomic mass is 10.2. The number of carbonyl (C=O) groups excluding carboxylic acids is 1. The Morgan fingerprint density at radius 2 is 2.20 bits per heavy atom. The average molecular weight is 213 g/mol. The van der Waals surface area contributed by atoms with Crippen LogP contribution in [0.5, 0.6) is 0 Å². The summed E-state index contributed by atoms with van der Waals surface area (Å²) in [6.07, 6.45) is 5.80. The van der Waals surface area contributed by atoms with E-state index in [1.165, 1.54) is 19.3 Å². The Bertz CT molecular complexity index is 194. The van der Waals surface area contributed by atoms with E-state index in [-0.39, 0.29) is 12.0 Å². The van der Waals surface area contributed by atoms with Gasteiger partial charge in [0.25, 0.3) is 0 Å². The third kappa shape index (κ3) is 3.82. The van der Waals surface area contributed by atoms with Gasteiger partial charge < -0.3 is 4.74 Å². The highest BCUT2D eigenvalue weighted by Crippen LogP contribution is 2.19. The van der Waals surface area contributed by atoms with Crippen molar-refractivity contribution in [3.63, 3.8) is 0 Å². The highest BCUT2D eigenvalue weighted by atomic mass is 16.5. The van der Waals surface area contributed by atoms with E-state index in [4.69, 9.17) is 4.74 Å². The van der Waals surface area contributed by atoms with E-state index in [0.29, 0.717) is 6.61 Å². The molecule has 1 unspecified atom stereocenters. The number of hydrogen-bond donors (Lipinski definition) is 0. The Balaban J connectivity index is 2.32. The van der Waals surface area contributed by atoms with Crippen molar-refractivity contribution < 1.29 is 9.53 Å². The van der Waals surface area contributed by atoms with Crippen molar-refractivity contribution in [1.29, 1.82) is 0 Å². The van der Waals surface area contributed by atoms with E-state index in [2.05, 4.69) is 11.8 Å². The molecule has 0 radical (unpaired) electrons. The zero-order valence-corrected chi connectivity index (χ0v) is 10.00. The summed E-state index contributed by atoms with van der Waals surface area (Å²) in [4.78, 5) is 13.9. The SMILES string of the molecule is CCCCCN1CCCC1C(=O)OCC. The van der Waals surface area contributed by atoms with Crippen LogP contribution in [0.1, 0.15) is 46.0 Å². The molecule has 15 heavy (non-hydrogen) atoms. The first-order chi connectivity index (χ1) is 7.29. The van der Waals surface area contributed by atoms with Gasteiger partial charge in [0, 0.05) is 0 Å². The number of hydrogen-bond acceptors (Lipinski definition) is 3. The van der Waals surface area contributed by atoms with E-state index in [0.717, 1.165) is 25.9 Å². The highest BCUT2D eigenvalue weighted by Gasteiger charge is 2.30. The molecule has 1 heterocycles. The minimum atomic E-state index is -0.0218. The third-order valence-corrected chi connectivity index (χ3v) is 2.97. The van der Waals surface area contributed by atoms with Gasteiger partial charge in [-0.25, -0.2) is 0 Å². The van der Waals surface area contributed by atoms with Crippen molar-refractivity contribution in [2.75, 3.05) is 19.7 Å². The molecule has 0 amide bonds. The maximum atomic E-state index is 11.6. The maximum Gasteiger partial charge on any atom is 0.323 e. The van der Waals surface area contributed by atoms with Crippen LogP contribution in [0.3, 0.4) is 0 Å². The van der Waals surface area contributed by atoms with E-state index in [1.54, 1.807) is 0 Å². The average Bonchev–Trinajstić information content (AvgIpc) is 2.67. The lowest BCUT2D eigenvalue weighted by Crippen LogP contribution is -2.37. The summed E-state index contributed by atoms with van der Waals surface area (Å²) in [5, 5.41) is 0. The Morgan fingerprint density at radius 3 is 2.87 bits per heavy atom. The minimum absolute atomic E-state index is 0.0218. The molecule has 88 valence electrons. The summed E-state index contributed by atoms with van der Waals surface area (Å²) >= 11 is 0. The number of carbonyl (C=O) groups is 1. The molecule has 0 aromatic rings.